The van der Waals surface area contributed by atoms with E-state index in [-0.39, 0.29) is 11.8 Å². The second kappa shape index (κ2) is 9.44. The molecule has 0 bridgehead atoms. The molecule has 1 amide bonds. The highest BCUT2D eigenvalue weighted by Gasteiger charge is 2.28. The van der Waals surface area contributed by atoms with Gasteiger partial charge in [-0.15, -0.1) is 0 Å². The van der Waals surface area contributed by atoms with Gasteiger partial charge in [-0.1, -0.05) is 18.6 Å². The van der Waals surface area contributed by atoms with Gasteiger partial charge < -0.3 is 14.1 Å². The van der Waals surface area contributed by atoms with E-state index in [1.54, 1.807) is 7.11 Å². The normalized spacial score (nSPS) is 20.6. The molecule has 2 aliphatic heterocycles. The van der Waals surface area contributed by atoms with E-state index < -0.39 is 0 Å². The number of likely N-dealkylation sites (tertiary alicyclic amines) is 2. The van der Waals surface area contributed by atoms with Gasteiger partial charge in [0.1, 0.15) is 11.5 Å². The zero-order valence-corrected chi connectivity index (χ0v) is 17.3. The first-order chi connectivity index (χ1) is 14.2. The molecule has 1 aromatic heterocycles. The van der Waals surface area contributed by atoms with E-state index in [4.69, 9.17) is 9.15 Å². The third kappa shape index (κ3) is 5.18. The quantitative estimate of drug-likeness (QED) is 0.747. The zero-order chi connectivity index (χ0) is 20.1. The van der Waals surface area contributed by atoms with Gasteiger partial charge in [0, 0.05) is 19.5 Å². The fourth-order valence-corrected chi connectivity index (χ4v) is 4.35. The third-order valence-corrected chi connectivity index (χ3v) is 6.04. The number of ether oxygens (including phenoxy) is 1. The van der Waals surface area contributed by atoms with Crippen LogP contribution in [0.3, 0.4) is 0 Å². The highest BCUT2D eigenvalue weighted by molar-refractivity contribution is 5.78. The third-order valence-electron chi connectivity index (χ3n) is 6.04. The van der Waals surface area contributed by atoms with E-state index in [0.29, 0.717) is 13.0 Å². The number of oxazole rings is 1. The van der Waals surface area contributed by atoms with Crippen molar-refractivity contribution in [2.45, 2.75) is 44.4 Å². The molecule has 0 spiro atoms. The first-order valence-corrected chi connectivity index (χ1v) is 10.8. The van der Waals surface area contributed by atoms with E-state index in [9.17, 15) is 4.79 Å². The van der Waals surface area contributed by atoms with Crippen LogP contribution in [0.25, 0.3) is 0 Å². The molecule has 1 aromatic carbocycles. The van der Waals surface area contributed by atoms with Crippen LogP contribution in [-0.2, 0) is 11.2 Å². The average Bonchev–Trinajstić information content (AvgIpc) is 3.24. The summed E-state index contributed by atoms with van der Waals surface area (Å²) in [6, 6.07) is 8.00. The van der Waals surface area contributed by atoms with Gasteiger partial charge >= 0.3 is 0 Å². The van der Waals surface area contributed by atoms with Gasteiger partial charge in [0.25, 0.3) is 0 Å². The van der Waals surface area contributed by atoms with Crippen LogP contribution >= 0.6 is 0 Å². The van der Waals surface area contributed by atoms with E-state index in [2.05, 4.69) is 9.88 Å². The molecule has 0 N–H and O–H groups in total. The molecule has 6 heteroatoms. The van der Waals surface area contributed by atoms with Crippen molar-refractivity contribution in [3.05, 3.63) is 47.7 Å². The molecule has 0 unspecified atom stereocenters. The summed E-state index contributed by atoms with van der Waals surface area (Å²) < 4.78 is 11.3. The van der Waals surface area contributed by atoms with Crippen LogP contribution in [0.4, 0.5) is 0 Å². The Morgan fingerprint density at radius 3 is 2.69 bits per heavy atom. The van der Waals surface area contributed by atoms with Crippen molar-refractivity contribution in [1.82, 2.24) is 14.8 Å². The molecule has 2 aromatic rings. The summed E-state index contributed by atoms with van der Waals surface area (Å²) in [6.07, 6.45) is 8.28. The number of nitrogens with zero attached hydrogens (tertiary/aromatic N) is 3. The molecule has 4 rings (SSSR count). The lowest BCUT2D eigenvalue weighted by Gasteiger charge is -2.34. The van der Waals surface area contributed by atoms with E-state index in [1.165, 1.54) is 19.3 Å². The van der Waals surface area contributed by atoms with Crippen LogP contribution in [0.1, 0.15) is 55.2 Å². The molecule has 2 saturated heterocycles. The highest BCUT2D eigenvalue weighted by atomic mass is 16.5. The predicted octanol–water partition coefficient (Wildman–Crippen LogP) is 3.47. The molecule has 3 heterocycles. The van der Waals surface area contributed by atoms with Crippen LogP contribution in [0.2, 0.25) is 0 Å². The second-order valence-electron chi connectivity index (χ2n) is 8.21. The Labute approximate surface area is 172 Å². The summed E-state index contributed by atoms with van der Waals surface area (Å²) in [6.45, 7) is 4.23. The summed E-state index contributed by atoms with van der Waals surface area (Å²) in [5, 5.41) is 0. The Hall–Kier alpha value is -2.34. The van der Waals surface area contributed by atoms with Crippen LogP contribution in [0, 0.1) is 0 Å². The van der Waals surface area contributed by atoms with Crippen molar-refractivity contribution in [3.8, 4) is 5.75 Å². The molecule has 0 saturated carbocycles. The van der Waals surface area contributed by atoms with Crippen molar-refractivity contribution < 1.29 is 13.9 Å². The lowest BCUT2D eigenvalue weighted by Crippen LogP contribution is -2.45. The molecule has 156 valence electrons. The molecular formula is C23H31N3O3. The van der Waals surface area contributed by atoms with Crippen molar-refractivity contribution >= 4 is 5.91 Å². The molecule has 2 fully saturated rings. The maximum Gasteiger partial charge on any atom is 0.236 e. The lowest BCUT2D eigenvalue weighted by atomic mass is 9.98. The Kier molecular flexibility index (Phi) is 6.49. The summed E-state index contributed by atoms with van der Waals surface area (Å²) >= 11 is 0. The monoisotopic (exact) mass is 397 g/mol. The highest BCUT2D eigenvalue weighted by Crippen LogP contribution is 2.27. The molecule has 1 atom stereocenters. The van der Waals surface area contributed by atoms with Crippen LogP contribution < -0.4 is 4.74 Å². The number of carbonyl (C=O) groups excluding carboxylic acids is 1. The number of rotatable bonds is 6. The lowest BCUT2D eigenvalue weighted by molar-refractivity contribution is -0.134. The number of hydrogen-bond acceptors (Lipinski definition) is 5. The first kappa shape index (κ1) is 20.0. The fraction of sp³-hybridized carbons (Fsp3) is 0.565. The molecule has 0 radical (unpaired) electrons. The summed E-state index contributed by atoms with van der Waals surface area (Å²) in [5.41, 5.74) is 1.16. The van der Waals surface area contributed by atoms with Crippen molar-refractivity contribution in [2.24, 2.45) is 0 Å². The standard InChI is InChI=1S/C23H31N3O3/c1-28-20-9-7-18(8-10-20)14-21-15-24-23(29-21)19-6-5-13-26(16-19)22(27)17-25-11-3-2-4-12-25/h7-10,15,19H,2-6,11-14,16-17H2,1H3/t19-/m1/s1. The van der Waals surface area contributed by atoms with Crippen LogP contribution in [0.5, 0.6) is 5.75 Å². The Morgan fingerprint density at radius 2 is 1.93 bits per heavy atom. The molecule has 2 aliphatic rings. The minimum atomic E-state index is 0.193. The smallest absolute Gasteiger partial charge is 0.236 e. The topological polar surface area (TPSA) is 58.8 Å². The van der Waals surface area contributed by atoms with Crippen LogP contribution in [-0.4, -0.2) is 60.5 Å². The van der Waals surface area contributed by atoms with Crippen molar-refractivity contribution in [3.63, 3.8) is 0 Å². The largest absolute Gasteiger partial charge is 0.497 e. The van der Waals surface area contributed by atoms with Crippen molar-refractivity contribution in [1.29, 1.82) is 0 Å². The van der Waals surface area contributed by atoms with E-state index >= 15 is 0 Å². The summed E-state index contributed by atoms with van der Waals surface area (Å²) in [4.78, 5) is 21.6. The van der Waals surface area contributed by atoms with Gasteiger partial charge in [-0.2, -0.15) is 0 Å². The van der Waals surface area contributed by atoms with Gasteiger partial charge in [0.05, 0.1) is 25.8 Å². The number of carbonyl (C=O) groups is 1. The molecular weight excluding hydrogens is 366 g/mol. The molecule has 0 aliphatic carbocycles. The average molecular weight is 398 g/mol. The minimum absolute atomic E-state index is 0.193. The number of methoxy groups -OCH3 is 1. The molecule has 29 heavy (non-hydrogen) atoms. The van der Waals surface area contributed by atoms with Gasteiger partial charge in [-0.3, -0.25) is 9.69 Å². The number of amides is 1. The predicted molar refractivity (Wildman–Crippen MR) is 111 cm³/mol. The zero-order valence-electron chi connectivity index (χ0n) is 17.3. The Morgan fingerprint density at radius 1 is 1.14 bits per heavy atom. The van der Waals surface area contributed by atoms with Gasteiger partial charge in [0.15, 0.2) is 5.89 Å². The van der Waals surface area contributed by atoms with E-state index in [0.717, 1.165) is 62.0 Å². The maximum absolute atomic E-state index is 12.8. The SMILES string of the molecule is COc1ccc(Cc2cnc([C@@H]3CCCN(C(=O)CN4CCCCC4)C3)o2)cc1. The second-order valence-corrected chi connectivity index (χ2v) is 8.21. The maximum atomic E-state index is 12.8. The Balaban J connectivity index is 1.33. The van der Waals surface area contributed by atoms with E-state index in [1.807, 2.05) is 35.4 Å². The van der Waals surface area contributed by atoms with Crippen LogP contribution in [0.15, 0.2) is 34.9 Å². The number of benzene rings is 1. The molecule has 6 nitrogen and oxygen atoms in total. The fourth-order valence-electron chi connectivity index (χ4n) is 4.35. The van der Waals surface area contributed by atoms with Gasteiger partial charge in [-0.05, 0) is 56.5 Å². The van der Waals surface area contributed by atoms with Gasteiger partial charge in [-0.25, -0.2) is 4.98 Å². The summed E-state index contributed by atoms with van der Waals surface area (Å²) in [7, 11) is 1.67. The first-order valence-electron chi connectivity index (χ1n) is 10.8. The minimum Gasteiger partial charge on any atom is -0.497 e. The van der Waals surface area contributed by atoms with Gasteiger partial charge in [0.2, 0.25) is 5.91 Å². The van der Waals surface area contributed by atoms with Crippen molar-refractivity contribution in [2.75, 3.05) is 39.8 Å². The number of hydrogen-bond donors (Lipinski definition) is 0. The number of aromatic nitrogens is 1. The summed E-state index contributed by atoms with van der Waals surface area (Å²) in [5.74, 6) is 2.93. The number of piperidine rings is 2. The Bertz CT molecular complexity index is 796.